The highest BCUT2D eigenvalue weighted by molar-refractivity contribution is 5.94. The predicted octanol–water partition coefficient (Wildman–Crippen LogP) is 1.76. The van der Waals surface area contributed by atoms with E-state index in [2.05, 4.69) is 22.2 Å². The second-order valence-corrected chi connectivity index (χ2v) is 4.84. The van der Waals surface area contributed by atoms with Gasteiger partial charge in [0.15, 0.2) is 0 Å². The number of nitrogens with zero attached hydrogens (tertiary/aromatic N) is 2. The van der Waals surface area contributed by atoms with Crippen LogP contribution in [0.15, 0.2) is 18.3 Å². The molecule has 1 aliphatic rings. The largest absolute Gasteiger partial charge is 0.462 e. The van der Waals surface area contributed by atoms with Crippen LogP contribution in [0.25, 0.3) is 0 Å². The molecule has 2 rings (SSSR count). The van der Waals surface area contributed by atoms with Crippen molar-refractivity contribution in [3.05, 3.63) is 23.9 Å². The topological polar surface area (TPSA) is 54.5 Å². The summed E-state index contributed by atoms with van der Waals surface area (Å²) < 4.78 is 5.05. The van der Waals surface area contributed by atoms with Gasteiger partial charge in [0.1, 0.15) is 11.4 Å². The first-order valence-corrected chi connectivity index (χ1v) is 6.78. The van der Waals surface area contributed by atoms with Crippen LogP contribution in [0.4, 0.5) is 5.82 Å². The van der Waals surface area contributed by atoms with E-state index >= 15 is 0 Å². The van der Waals surface area contributed by atoms with Crippen LogP contribution >= 0.6 is 0 Å². The van der Waals surface area contributed by atoms with E-state index in [0.29, 0.717) is 24.0 Å². The van der Waals surface area contributed by atoms with Gasteiger partial charge in [-0.3, -0.25) is 0 Å². The van der Waals surface area contributed by atoms with Crippen LogP contribution in [-0.4, -0.2) is 48.6 Å². The predicted molar refractivity (Wildman–Crippen MR) is 74.3 cm³/mol. The Balaban J connectivity index is 2.05. The molecule has 0 saturated carbocycles. The molecule has 0 unspecified atom stereocenters. The van der Waals surface area contributed by atoms with E-state index in [1.807, 2.05) is 0 Å². The number of nitrogens with one attached hydrogen (secondary N) is 1. The van der Waals surface area contributed by atoms with Crippen molar-refractivity contribution >= 4 is 11.8 Å². The molecule has 1 aromatic rings. The van der Waals surface area contributed by atoms with Gasteiger partial charge in [-0.2, -0.15) is 0 Å². The summed E-state index contributed by atoms with van der Waals surface area (Å²) >= 11 is 0. The van der Waals surface area contributed by atoms with Crippen LogP contribution < -0.4 is 5.32 Å². The number of hydrogen-bond acceptors (Lipinski definition) is 5. The van der Waals surface area contributed by atoms with Gasteiger partial charge >= 0.3 is 5.97 Å². The van der Waals surface area contributed by atoms with Gasteiger partial charge in [0.2, 0.25) is 0 Å². The summed E-state index contributed by atoms with van der Waals surface area (Å²) in [6, 6.07) is 3.88. The highest BCUT2D eigenvalue weighted by Gasteiger charge is 2.20. The Bertz CT molecular complexity index is 428. The Morgan fingerprint density at radius 2 is 2.26 bits per heavy atom. The second kappa shape index (κ2) is 6.52. The standard InChI is InChI=1S/C14H21N3O2/c1-3-19-14(18)12-5-4-8-15-13(12)16-11-6-9-17(2)10-7-11/h4-5,8,11H,3,6-7,9-10H2,1-2H3,(H,15,16). The van der Waals surface area contributed by atoms with E-state index in [9.17, 15) is 4.79 Å². The fourth-order valence-corrected chi connectivity index (χ4v) is 2.24. The average molecular weight is 263 g/mol. The van der Waals surface area contributed by atoms with Crippen molar-refractivity contribution in [3.8, 4) is 0 Å². The number of esters is 1. The van der Waals surface area contributed by atoms with E-state index in [0.717, 1.165) is 25.9 Å². The van der Waals surface area contributed by atoms with Crippen molar-refractivity contribution in [2.24, 2.45) is 0 Å². The number of hydrogen-bond donors (Lipinski definition) is 1. The Kier molecular flexibility index (Phi) is 4.74. The van der Waals surface area contributed by atoms with Crippen LogP contribution in [0, 0.1) is 0 Å². The van der Waals surface area contributed by atoms with Crippen LogP contribution in [0.1, 0.15) is 30.1 Å². The third-order valence-corrected chi connectivity index (χ3v) is 3.36. The molecule has 19 heavy (non-hydrogen) atoms. The van der Waals surface area contributed by atoms with Crippen LogP contribution in [0.5, 0.6) is 0 Å². The quantitative estimate of drug-likeness (QED) is 0.839. The zero-order chi connectivity index (χ0) is 13.7. The molecule has 1 aliphatic heterocycles. The third-order valence-electron chi connectivity index (χ3n) is 3.36. The highest BCUT2D eigenvalue weighted by atomic mass is 16.5. The molecule has 1 aromatic heterocycles. The number of rotatable bonds is 4. The minimum absolute atomic E-state index is 0.314. The van der Waals surface area contributed by atoms with Crippen LogP contribution in [0.2, 0.25) is 0 Å². The minimum Gasteiger partial charge on any atom is -0.462 e. The lowest BCUT2D eigenvalue weighted by Crippen LogP contribution is -2.37. The van der Waals surface area contributed by atoms with Gasteiger partial charge in [-0.1, -0.05) is 0 Å². The van der Waals surface area contributed by atoms with Crippen molar-refractivity contribution in [2.45, 2.75) is 25.8 Å². The first-order valence-electron chi connectivity index (χ1n) is 6.78. The second-order valence-electron chi connectivity index (χ2n) is 4.84. The summed E-state index contributed by atoms with van der Waals surface area (Å²) in [5.74, 6) is 0.321. The average Bonchev–Trinajstić information content (AvgIpc) is 2.42. The number of ether oxygens (including phenoxy) is 1. The van der Waals surface area contributed by atoms with Crippen molar-refractivity contribution in [3.63, 3.8) is 0 Å². The maximum atomic E-state index is 11.8. The summed E-state index contributed by atoms with van der Waals surface area (Å²) in [5, 5.41) is 3.37. The fraction of sp³-hybridized carbons (Fsp3) is 0.571. The summed E-state index contributed by atoms with van der Waals surface area (Å²) in [5.41, 5.74) is 0.517. The van der Waals surface area contributed by atoms with E-state index in [1.54, 1.807) is 25.3 Å². The van der Waals surface area contributed by atoms with E-state index in [1.165, 1.54) is 0 Å². The maximum absolute atomic E-state index is 11.8. The number of anilines is 1. The lowest BCUT2D eigenvalue weighted by Gasteiger charge is -2.30. The van der Waals surface area contributed by atoms with E-state index in [-0.39, 0.29) is 5.97 Å². The molecule has 0 amide bonds. The lowest BCUT2D eigenvalue weighted by atomic mass is 10.1. The lowest BCUT2D eigenvalue weighted by molar-refractivity contribution is 0.0527. The minimum atomic E-state index is -0.314. The monoisotopic (exact) mass is 263 g/mol. The number of pyridine rings is 1. The summed E-state index contributed by atoms with van der Waals surface area (Å²) in [7, 11) is 2.13. The third kappa shape index (κ3) is 3.67. The number of carbonyl (C=O) groups excluding carboxylic acids is 1. The normalized spacial score (nSPS) is 17.2. The molecule has 0 bridgehead atoms. The number of likely N-dealkylation sites (tertiary alicyclic amines) is 1. The van der Waals surface area contributed by atoms with Gasteiger partial charge in [0.05, 0.1) is 6.61 Å². The number of aromatic nitrogens is 1. The first kappa shape index (κ1) is 13.8. The first-order chi connectivity index (χ1) is 9.20. The molecule has 0 aromatic carbocycles. The maximum Gasteiger partial charge on any atom is 0.341 e. The van der Waals surface area contributed by atoms with Crippen molar-refractivity contribution in [2.75, 3.05) is 32.1 Å². The Morgan fingerprint density at radius 1 is 1.53 bits per heavy atom. The molecule has 0 atom stereocenters. The van der Waals surface area contributed by atoms with Gasteiger partial charge in [-0.15, -0.1) is 0 Å². The molecule has 1 N–H and O–H groups in total. The van der Waals surface area contributed by atoms with E-state index in [4.69, 9.17) is 4.74 Å². The van der Waals surface area contributed by atoms with Gasteiger partial charge in [0, 0.05) is 12.2 Å². The van der Waals surface area contributed by atoms with Gasteiger partial charge in [-0.05, 0) is 52.0 Å². The Labute approximate surface area is 114 Å². The van der Waals surface area contributed by atoms with Gasteiger partial charge in [0.25, 0.3) is 0 Å². The molecule has 5 nitrogen and oxygen atoms in total. The molecular weight excluding hydrogens is 242 g/mol. The molecule has 5 heteroatoms. The molecule has 104 valence electrons. The molecule has 2 heterocycles. The smallest absolute Gasteiger partial charge is 0.341 e. The fourth-order valence-electron chi connectivity index (χ4n) is 2.24. The molecule has 1 saturated heterocycles. The molecule has 0 spiro atoms. The summed E-state index contributed by atoms with van der Waals surface area (Å²) in [6.45, 7) is 4.32. The molecule has 0 radical (unpaired) electrons. The number of piperidine rings is 1. The molecule has 0 aliphatic carbocycles. The van der Waals surface area contributed by atoms with Crippen LogP contribution in [0.3, 0.4) is 0 Å². The Hall–Kier alpha value is -1.62. The molecule has 1 fully saturated rings. The van der Waals surface area contributed by atoms with E-state index < -0.39 is 0 Å². The number of carbonyl (C=O) groups is 1. The van der Waals surface area contributed by atoms with Crippen molar-refractivity contribution < 1.29 is 9.53 Å². The van der Waals surface area contributed by atoms with Crippen molar-refractivity contribution in [1.82, 2.24) is 9.88 Å². The zero-order valence-corrected chi connectivity index (χ0v) is 11.6. The van der Waals surface area contributed by atoms with Gasteiger partial charge < -0.3 is 15.0 Å². The van der Waals surface area contributed by atoms with Gasteiger partial charge in [-0.25, -0.2) is 9.78 Å². The summed E-state index contributed by atoms with van der Waals surface area (Å²) in [4.78, 5) is 18.4. The van der Waals surface area contributed by atoms with Crippen molar-refractivity contribution in [1.29, 1.82) is 0 Å². The SMILES string of the molecule is CCOC(=O)c1cccnc1NC1CCN(C)CC1. The zero-order valence-electron chi connectivity index (χ0n) is 11.6. The summed E-state index contributed by atoms with van der Waals surface area (Å²) in [6.07, 6.45) is 3.82. The molecular formula is C14H21N3O2. The highest BCUT2D eigenvalue weighted by Crippen LogP contribution is 2.18. The Morgan fingerprint density at radius 3 is 2.95 bits per heavy atom. The van der Waals surface area contributed by atoms with Crippen LogP contribution in [-0.2, 0) is 4.74 Å².